The number of hydrogen-bond donors (Lipinski definition) is 1. The van der Waals surface area contributed by atoms with E-state index in [4.69, 9.17) is 9.72 Å². The Labute approximate surface area is 193 Å². The van der Waals surface area contributed by atoms with Crippen LogP contribution in [0, 0.1) is 0 Å². The predicted molar refractivity (Wildman–Crippen MR) is 132 cm³/mol. The van der Waals surface area contributed by atoms with Gasteiger partial charge in [-0.05, 0) is 37.1 Å². The fourth-order valence-corrected chi connectivity index (χ4v) is 4.30. The largest absolute Gasteiger partial charge is 0.497 e. The minimum Gasteiger partial charge on any atom is -0.497 e. The highest BCUT2D eigenvalue weighted by Crippen LogP contribution is 2.36. The molecule has 0 aliphatic rings. The number of fused-ring (bicyclic) bond motifs is 1. The van der Waals surface area contributed by atoms with Gasteiger partial charge in [0, 0.05) is 36.0 Å². The first-order chi connectivity index (χ1) is 16.3. The molecule has 0 aliphatic heterocycles. The summed E-state index contributed by atoms with van der Waals surface area (Å²) in [5.41, 5.74) is 6.45. The average Bonchev–Trinajstić information content (AvgIpc) is 3.42. The number of aliphatic hydroxyl groups is 1. The lowest BCUT2D eigenvalue weighted by atomic mass is 10.0. The number of imidazole rings is 2. The number of unbranched alkanes of at least 4 members (excludes halogenated alkanes) is 1. The van der Waals surface area contributed by atoms with Gasteiger partial charge in [0.25, 0.3) is 0 Å². The summed E-state index contributed by atoms with van der Waals surface area (Å²) in [6, 6.07) is 28.9. The van der Waals surface area contributed by atoms with Crippen LogP contribution in [0.25, 0.3) is 39.5 Å². The van der Waals surface area contributed by atoms with Crippen LogP contribution < -0.4 is 4.74 Å². The summed E-state index contributed by atoms with van der Waals surface area (Å²) in [6.07, 6.45) is 3.81. The number of rotatable bonds is 8. The van der Waals surface area contributed by atoms with Gasteiger partial charge in [0.1, 0.15) is 5.75 Å². The third kappa shape index (κ3) is 4.03. The van der Waals surface area contributed by atoms with E-state index < -0.39 is 0 Å². The second-order valence-corrected chi connectivity index (χ2v) is 8.04. The molecule has 0 saturated heterocycles. The molecule has 5 nitrogen and oxygen atoms in total. The molecule has 33 heavy (non-hydrogen) atoms. The maximum Gasteiger partial charge on any atom is 0.215 e. The molecule has 0 aliphatic carbocycles. The van der Waals surface area contributed by atoms with E-state index >= 15 is 0 Å². The molecular formula is C28H27N3O2. The van der Waals surface area contributed by atoms with Crippen LogP contribution in [0.4, 0.5) is 0 Å². The van der Waals surface area contributed by atoms with Crippen molar-refractivity contribution < 1.29 is 9.84 Å². The Morgan fingerprint density at radius 1 is 0.788 bits per heavy atom. The third-order valence-corrected chi connectivity index (χ3v) is 5.95. The van der Waals surface area contributed by atoms with E-state index in [9.17, 15) is 5.11 Å². The van der Waals surface area contributed by atoms with Crippen LogP contribution in [0.15, 0.2) is 91.1 Å². The number of benzene rings is 3. The van der Waals surface area contributed by atoms with Crippen molar-refractivity contribution in [1.29, 1.82) is 0 Å². The molecule has 0 saturated carbocycles. The van der Waals surface area contributed by atoms with Gasteiger partial charge in [0.15, 0.2) is 0 Å². The zero-order chi connectivity index (χ0) is 22.6. The molecule has 2 aromatic heterocycles. The molecular weight excluding hydrogens is 410 g/mol. The molecule has 166 valence electrons. The molecule has 5 aromatic rings. The van der Waals surface area contributed by atoms with Crippen LogP contribution in [-0.4, -0.2) is 32.8 Å². The molecule has 1 N–H and O–H groups in total. The molecule has 0 fully saturated rings. The summed E-state index contributed by atoms with van der Waals surface area (Å²) >= 11 is 0. The third-order valence-electron chi connectivity index (χ3n) is 5.95. The van der Waals surface area contributed by atoms with Crippen LogP contribution >= 0.6 is 0 Å². The van der Waals surface area contributed by atoms with Crippen molar-refractivity contribution in [1.82, 2.24) is 14.0 Å². The van der Waals surface area contributed by atoms with Crippen molar-refractivity contribution in [2.75, 3.05) is 13.7 Å². The van der Waals surface area contributed by atoms with Crippen molar-refractivity contribution in [2.24, 2.45) is 0 Å². The van der Waals surface area contributed by atoms with E-state index in [0.717, 1.165) is 64.7 Å². The molecule has 5 heteroatoms. The Bertz CT molecular complexity index is 1340. The van der Waals surface area contributed by atoms with Crippen LogP contribution in [0.3, 0.4) is 0 Å². The summed E-state index contributed by atoms with van der Waals surface area (Å²) in [5.74, 6) is 1.73. The first-order valence-corrected chi connectivity index (χ1v) is 11.3. The van der Waals surface area contributed by atoms with E-state index in [2.05, 4.69) is 63.7 Å². The van der Waals surface area contributed by atoms with E-state index in [0.29, 0.717) is 0 Å². The summed E-state index contributed by atoms with van der Waals surface area (Å²) in [7, 11) is 1.68. The number of nitrogens with zero attached hydrogens (tertiary/aromatic N) is 3. The normalized spacial score (nSPS) is 11.2. The molecule has 0 amide bonds. The number of methoxy groups -OCH3 is 1. The highest BCUT2D eigenvalue weighted by Gasteiger charge is 2.21. The van der Waals surface area contributed by atoms with E-state index in [1.54, 1.807) is 7.11 Å². The van der Waals surface area contributed by atoms with Crippen LogP contribution in [0.1, 0.15) is 12.8 Å². The van der Waals surface area contributed by atoms with Gasteiger partial charge in [-0.15, -0.1) is 0 Å². The minimum absolute atomic E-state index is 0.189. The monoisotopic (exact) mass is 437 g/mol. The van der Waals surface area contributed by atoms with E-state index in [-0.39, 0.29) is 6.61 Å². The summed E-state index contributed by atoms with van der Waals surface area (Å²) < 4.78 is 9.81. The van der Waals surface area contributed by atoms with Crippen LogP contribution in [0.2, 0.25) is 0 Å². The molecule has 0 bridgehead atoms. The zero-order valence-electron chi connectivity index (χ0n) is 18.7. The fourth-order valence-electron chi connectivity index (χ4n) is 4.30. The van der Waals surface area contributed by atoms with Gasteiger partial charge in [-0.3, -0.25) is 4.40 Å². The molecule has 2 heterocycles. The lowest BCUT2D eigenvalue weighted by Gasteiger charge is -2.09. The first kappa shape index (κ1) is 21.0. The summed E-state index contributed by atoms with van der Waals surface area (Å²) in [5, 5.41) is 9.35. The Balaban J connectivity index is 1.75. The maximum atomic E-state index is 9.35. The minimum atomic E-state index is 0.189. The van der Waals surface area contributed by atoms with Gasteiger partial charge in [-0.25, -0.2) is 4.98 Å². The number of aliphatic hydroxyl groups excluding tert-OH is 1. The number of hydrogen-bond acceptors (Lipinski definition) is 3. The highest BCUT2D eigenvalue weighted by molar-refractivity contribution is 5.82. The fraction of sp³-hybridized carbons (Fsp3) is 0.179. The van der Waals surface area contributed by atoms with E-state index in [1.807, 2.05) is 36.4 Å². The van der Waals surface area contributed by atoms with Crippen molar-refractivity contribution in [3.05, 3.63) is 91.1 Å². The molecule has 0 spiro atoms. The average molecular weight is 438 g/mol. The Kier molecular flexibility index (Phi) is 5.96. The summed E-state index contributed by atoms with van der Waals surface area (Å²) in [6.45, 7) is 0.965. The SMILES string of the molecule is COc1ccc(-c2cn3c(-c4ccccc4)c(-c4ccccc4)nc3n2CCCCO)cc1. The lowest BCUT2D eigenvalue weighted by Crippen LogP contribution is -2.02. The highest BCUT2D eigenvalue weighted by atomic mass is 16.5. The predicted octanol–water partition coefficient (Wildman–Crippen LogP) is 5.92. The van der Waals surface area contributed by atoms with Crippen molar-refractivity contribution in [3.63, 3.8) is 0 Å². The topological polar surface area (TPSA) is 51.7 Å². The van der Waals surface area contributed by atoms with Crippen molar-refractivity contribution in [3.8, 4) is 39.5 Å². The van der Waals surface area contributed by atoms with Gasteiger partial charge in [0.05, 0.1) is 24.2 Å². The number of aromatic nitrogens is 3. The maximum absolute atomic E-state index is 9.35. The molecule has 0 unspecified atom stereocenters. The van der Waals surface area contributed by atoms with Gasteiger partial charge in [-0.2, -0.15) is 0 Å². The second kappa shape index (κ2) is 9.35. The van der Waals surface area contributed by atoms with Gasteiger partial charge < -0.3 is 14.4 Å². The summed E-state index contributed by atoms with van der Waals surface area (Å²) in [4.78, 5) is 5.16. The molecule has 0 radical (unpaired) electrons. The second-order valence-electron chi connectivity index (χ2n) is 8.04. The Morgan fingerprint density at radius 2 is 1.45 bits per heavy atom. The first-order valence-electron chi connectivity index (χ1n) is 11.3. The number of aryl methyl sites for hydroxylation is 1. The number of ether oxygens (including phenoxy) is 1. The van der Waals surface area contributed by atoms with Crippen molar-refractivity contribution in [2.45, 2.75) is 19.4 Å². The van der Waals surface area contributed by atoms with Crippen LogP contribution in [-0.2, 0) is 6.54 Å². The lowest BCUT2D eigenvalue weighted by molar-refractivity contribution is 0.281. The van der Waals surface area contributed by atoms with Gasteiger partial charge >= 0.3 is 0 Å². The van der Waals surface area contributed by atoms with Crippen molar-refractivity contribution >= 4 is 5.78 Å². The quantitative estimate of drug-likeness (QED) is 0.307. The smallest absolute Gasteiger partial charge is 0.215 e. The molecule has 3 aromatic carbocycles. The van der Waals surface area contributed by atoms with E-state index in [1.165, 1.54) is 0 Å². The Morgan fingerprint density at radius 3 is 2.09 bits per heavy atom. The Hall–Kier alpha value is -3.83. The van der Waals surface area contributed by atoms with Gasteiger partial charge in [0.2, 0.25) is 5.78 Å². The zero-order valence-corrected chi connectivity index (χ0v) is 18.7. The molecule has 0 atom stereocenters. The molecule has 5 rings (SSSR count). The van der Waals surface area contributed by atoms with Crippen LogP contribution in [0.5, 0.6) is 5.75 Å². The standard InChI is InChI=1S/C28H27N3O2/c1-33-24-16-14-21(15-17-24)25-20-31-27(23-12-6-3-7-13-23)26(22-10-4-2-5-11-22)29-28(31)30(25)18-8-9-19-32/h2-7,10-17,20,32H,8-9,18-19H2,1H3. The van der Waals surface area contributed by atoms with Gasteiger partial charge in [-0.1, -0.05) is 60.7 Å².